The Hall–Kier alpha value is -2.11. The predicted molar refractivity (Wildman–Crippen MR) is 118 cm³/mol. The molecule has 1 atom stereocenters. The molecule has 0 fully saturated rings. The van der Waals surface area contributed by atoms with E-state index in [0.29, 0.717) is 36.7 Å². The molecule has 4 aromatic rings. The Morgan fingerprint density at radius 3 is 2.31 bits per heavy atom. The van der Waals surface area contributed by atoms with E-state index in [9.17, 15) is 9.00 Å². The molecule has 0 amide bonds. The highest BCUT2D eigenvalue weighted by atomic mass is 35.5. The Bertz CT molecular complexity index is 1250. The lowest BCUT2D eigenvalue weighted by atomic mass is 10.0. The lowest BCUT2D eigenvalue weighted by Gasteiger charge is -2.06. The number of para-hydroxylation sites is 1. The molecule has 0 saturated heterocycles. The van der Waals surface area contributed by atoms with Gasteiger partial charge in [-0.1, -0.05) is 53.0 Å². The molecule has 0 radical (unpaired) electrons. The largest absolute Gasteiger partial charge is 0.452 e. The maximum atomic E-state index is 13.1. The highest BCUT2D eigenvalue weighted by molar-refractivity contribution is 7.84. The summed E-state index contributed by atoms with van der Waals surface area (Å²) in [4.78, 5) is 13.5. The van der Waals surface area contributed by atoms with E-state index in [1.54, 1.807) is 48.5 Å². The summed E-state index contributed by atoms with van der Waals surface area (Å²) in [5.74, 6) is -0.0634. The molecule has 3 nitrogen and oxygen atoms in total. The van der Waals surface area contributed by atoms with Crippen molar-refractivity contribution in [2.45, 2.75) is 10.6 Å². The number of rotatable bonds is 5. The number of furan rings is 1. The van der Waals surface area contributed by atoms with Crippen LogP contribution < -0.4 is 0 Å². The van der Waals surface area contributed by atoms with Gasteiger partial charge >= 0.3 is 0 Å². The van der Waals surface area contributed by atoms with Crippen molar-refractivity contribution in [3.05, 3.63) is 98.7 Å². The van der Waals surface area contributed by atoms with Gasteiger partial charge in [-0.05, 0) is 48.5 Å². The van der Waals surface area contributed by atoms with Gasteiger partial charge in [-0.3, -0.25) is 9.00 Å². The van der Waals surface area contributed by atoms with E-state index in [-0.39, 0.29) is 17.3 Å². The highest BCUT2D eigenvalue weighted by Gasteiger charge is 2.24. The van der Waals surface area contributed by atoms with Gasteiger partial charge in [0, 0.05) is 26.6 Å². The van der Waals surface area contributed by atoms with Gasteiger partial charge in [0.15, 0.2) is 5.76 Å². The number of hydrogen-bond acceptors (Lipinski definition) is 3. The Labute approximate surface area is 184 Å². The van der Waals surface area contributed by atoms with Crippen LogP contribution in [0.5, 0.6) is 0 Å². The minimum absolute atomic E-state index is 0.0764. The fraction of sp³-hybridized carbons (Fsp3) is 0.0455. The van der Waals surface area contributed by atoms with Crippen LogP contribution >= 0.6 is 34.8 Å². The van der Waals surface area contributed by atoms with Crippen molar-refractivity contribution < 1.29 is 13.4 Å². The second-order valence-electron chi connectivity index (χ2n) is 6.31. The van der Waals surface area contributed by atoms with E-state index in [2.05, 4.69) is 0 Å². The van der Waals surface area contributed by atoms with Crippen LogP contribution in [0, 0.1) is 0 Å². The smallest absolute Gasteiger partial charge is 0.228 e. The lowest BCUT2D eigenvalue weighted by molar-refractivity contribution is 0.101. The van der Waals surface area contributed by atoms with E-state index in [4.69, 9.17) is 39.2 Å². The predicted octanol–water partition coefficient (Wildman–Crippen LogP) is 6.93. The molecular formula is C22H13Cl3O3S. The zero-order valence-corrected chi connectivity index (χ0v) is 17.9. The van der Waals surface area contributed by atoms with Crippen LogP contribution in [0.4, 0.5) is 0 Å². The molecular weight excluding hydrogens is 451 g/mol. The zero-order valence-electron chi connectivity index (χ0n) is 14.8. The van der Waals surface area contributed by atoms with Crippen molar-refractivity contribution in [2.75, 3.05) is 0 Å². The van der Waals surface area contributed by atoms with Gasteiger partial charge in [0.2, 0.25) is 5.78 Å². The van der Waals surface area contributed by atoms with Gasteiger partial charge in [0.05, 0.1) is 26.5 Å². The Morgan fingerprint density at radius 2 is 1.59 bits per heavy atom. The Balaban J connectivity index is 1.78. The number of carbonyl (C=O) groups excluding carboxylic acids is 1. The van der Waals surface area contributed by atoms with Crippen molar-refractivity contribution in [2.24, 2.45) is 0 Å². The summed E-state index contributed by atoms with van der Waals surface area (Å²) in [6.07, 6.45) is 0. The number of ketones is 1. The van der Waals surface area contributed by atoms with Crippen LogP contribution in [-0.2, 0) is 16.6 Å². The summed E-state index contributed by atoms with van der Waals surface area (Å²) in [5, 5.41) is 2.05. The summed E-state index contributed by atoms with van der Waals surface area (Å²) in [6, 6.07) is 18.6. The molecule has 0 saturated carbocycles. The molecule has 0 N–H and O–H groups in total. The second-order valence-corrected chi connectivity index (χ2v) is 9.01. The second kappa shape index (κ2) is 8.33. The van der Waals surface area contributed by atoms with E-state index >= 15 is 0 Å². The Kier molecular flexibility index (Phi) is 5.79. The number of hydrogen-bond donors (Lipinski definition) is 0. The maximum absolute atomic E-state index is 13.1. The third-order valence-electron chi connectivity index (χ3n) is 4.43. The van der Waals surface area contributed by atoms with Gasteiger partial charge < -0.3 is 4.42 Å². The first kappa shape index (κ1) is 20.2. The van der Waals surface area contributed by atoms with Gasteiger partial charge in [0.1, 0.15) is 5.58 Å². The molecule has 29 heavy (non-hydrogen) atoms. The van der Waals surface area contributed by atoms with Gasteiger partial charge in [-0.25, -0.2) is 0 Å². The SMILES string of the molecule is O=C(c1ccc(Cl)cc1)c1oc2ccccc2c1C[S@@](=O)c1ccc(Cl)cc1Cl. The van der Waals surface area contributed by atoms with Crippen LogP contribution in [0.25, 0.3) is 11.0 Å². The minimum atomic E-state index is -1.50. The molecule has 1 heterocycles. The Morgan fingerprint density at radius 1 is 0.897 bits per heavy atom. The highest BCUT2D eigenvalue weighted by Crippen LogP contribution is 2.32. The van der Waals surface area contributed by atoms with Crippen LogP contribution in [0.1, 0.15) is 21.7 Å². The van der Waals surface area contributed by atoms with Crippen molar-refractivity contribution in [1.82, 2.24) is 0 Å². The van der Waals surface area contributed by atoms with Gasteiger partial charge in [-0.15, -0.1) is 0 Å². The van der Waals surface area contributed by atoms with Crippen molar-refractivity contribution in [1.29, 1.82) is 0 Å². The first-order chi connectivity index (χ1) is 13.9. The molecule has 146 valence electrons. The molecule has 0 bridgehead atoms. The average molecular weight is 464 g/mol. The number of fused-ring (bicyclic) bond motifs is 1. The summed E-state index contributed by atoms with van der Waals surface area (Å²) in [6.45, 7) is 0. The molecule has 0 aliphatic carbocycles. The monoisotopic (exact) mass is 462 g/mol. The minimum Gasteiger partial charge on any atom is -0.452 e. The molecule has 3 aromatic carbocycles. The average Bonchev–Trinajstić information content (AvgIpc) is 3.06. The molecule has 7 heteroatoms. The first-order valence-electron chi connectivity index (χ1n) is 8.58. The standard InChI is InChI=1S/C22H13Cl3O3S/c23-14-7-5-13(6-8-14)21(26)22-17(16-3-1-2-4-19(16)28-22)12-29(27)20-10-9-15(24)11-18(20)25/h1-11H,12H2/t29-/m1/s1. The van der Waals surface area contributed by atoms with Crippen LogP contribution in [0.15, 0.2) is 76.0 Å². The summed E-state index contributed by atoms with van der Waals surface area (Å²) in [5.41, 5.74) is 1.56. The van der Waals surface area contributed by atoms with Crippen LogP contribution in [0.2, 0.25) is 15.1 Å². The first-order valence-corrected chi connectivity index (χ1v) is 11.0. The molecule has 0 aliphatic rings. The molecule has 0 aliphatic heterocycles. The molecule has 1 aromatic heterocycles. The topological polar surface area (TPSA) is 47.3 Å². The lowest BCUT2D eigenvalue weighted by Crippen LogP contribution is -2.06. The van der Waals surface area contributed by atoms with Gasteiger partial charge in [-0.2, -0.15) is 0 Å². The summed E-state index contributed by atoms with van der Waals surface area (Å²) < 4.78 is 18.9. The van der Waals surface area contributed by atoms with Crippen LogP contribution in [-0.4, -0.2) is 9.99 Å². The van der Waals surface area contributed by atoms with Crippen LogP contribution in [0.3, 0.4) is 0 Å². The number of carbonyl (C=O) groups is 1. The normalized spacial score (nSPS) is 12.2. The maximum Gasteiger partial charge on any atom is 0.228 e. The van der Waals surface area contributed by atoms with E-state index in [1.165, 1.54) is 0 Å². The molecule has 0 spiro atoms. The van der Waals surface area contributed by atoms with Crippen molar-refractivity contribution in [3.8, 4) is 0 Å². The summed E-state index contributed by atoms with van der Waals surface area (Å²) in [7, 11) is -1.50. The van der Waals surface area contributed by atoms with E-state index in [0.717, 1.165) is 5.39 Å². The summed E-state index contributed by atoms with van der Waals surface area (Å²) >= 11 is 18.1. The van der Waals surface area contributed by atoms with E-state index in [1.807, 2.05) is 18.2 Å². The van der Waals surface area contributed by atoms with Gasteiger partial charge in [0.25, 0.3) is 0 Å². The van der Waals surface area contributed by atoms with Crippen molar-refractivity contribution in [3.63, 3.8) is 0 Å². The fourth-order valence-corrected chi connectivity index (χ4v) is 5.02. The third-order valence-corrected chi connectivity index (χ3v) is 6.73. The quantitative estimate of drug-likeness (QED) is 0.301. The molecule has 0 unspecified atom stereocenters. The molecule has 4 rings (SSSR count). The fourth-order valence-electron chi connectivity index (χ4n) is 3.03. The number of benzene rings is 3. The zero-order chi connectivity index (χ0) is 20.5. The van der Waals surface area contributed by atoms with E-state index < -0.39 is 10.8 Å². The van der Waals surface area contributed by atoms with Crippen molar-refractivity contribution >= 4 is 62.4 Å². The number of halogens is 3. The third kappa shape index (κ3) is 4.12.